The summed E-state index contributed by atoms with van der Waals surface area (Å²) in [6, 6.07) is 14.8. The van der Waals surface area contributed by atoms with E-state index in [1.165, 1.54) is 24.3 Å². The molecule has 1 atom stereocenters. The zero-order valence-corrected chi connectivity index (χ0v) is 15.3. The van der Waals surface area contributed by atoms with Crippen molar-refractivity contribution in [3.63, 3.8) is 0 Å². The molecule has 2 rings (SSSR count). The van der Waals surface area contributed by atoms with E-state index in [9.17, 15) is 13.2 Å². The van der Waals surface area contributed by atoms with Crippen molar-refractivity contribution in [2.24, 2.45) is 5.73 Å². The fourth-order valence-electron chi connectivity index (χ4n) is 2.27. The number of carbonyl (C=O) groups is 1. The Labute approximate surface area is 148 Å². The summed E-state index contributed by atoms with van der Waals surface area (Å²) in [6.07, 6.45) is 0. The molecule has 0 fully saturated rings. The van der Waals surface area contributed by atoms with Crippen LogP contribution < -0.4 is 15.8 Å². The van der Waals surface area contributed by atoms with E-state index in [2.05, 4.69) is 10.0 Å². The third-order valence-electron chi connectivity index (χ3n) is 3.66. The number of anilines is 1. The van der Waals surface area contributed by atoms with Crippen molar-refractivity contribution in [2.75, 3.05) is 5.32 Å². The van der Waals surface area contributed by atoms with Crippen LogP contribution >= 0.6 is 0 Å². The van der Waals surface area contributed by atoms with Gasteiger partial charge in [0.15, 0.2) is 0 Å². The average Bonchev–Trinajstić information content (AvgIpc) is 2.55. The van der Waals surface area contributed by atoms with E-state index >= 15 is 0 Å². The highest BCUT2D eigenvalue weighted by Gasteiger charge is 2.30. The zero-order chi connectivity index (χ0) is 18.7. The largest absolute Gasteiger partial charge is 0.324 e. The van der Waals surface area contributed by atoms with E-state index in [0.29, 0.717) is 11.3 Å². The van der Waals surface area contributed by atoms with E-state index in [4.69, 9.17) is 5.73 Å². The topological polar surface area (TPSA) is 101 Å². The summed E-state index contributed by atoms with van der Waals surface area (Å²) in [4.78, 5) is 12.6. The molecule has 25 heavy (non-hydrogen) atoms. The van der Waals surface area contributed by atoms with Gasteiger partial charge >= 0.3 is 0 Å². The fraction of sp³-hybridized carbons (Fsp3) is 0.278. The van der Waals surface area contributed by atoms with Crippen molar-refractivity contribution in [3.05, 3.63) is 60.2 Å². The molecule has 0 aliphatic rings. The minimum absolute atomic E-state index is 0.137. The summed E-state index contributed by atoms with van der Waals surface area (Å²) < 4.78 is 26.7. The Morgan fingerprint density at radius 3 is 2.12 bits per heavy atom. The second-order valence-electron chi connectivity index (χ2n) is 6.32. The maximum absolute atomic E-state index is 12.5. The number of hydrogen-bond donors (Lipinski definition) is 3. The lowest BCUT2D eigenvalue weighted by molar-refractivity contribution is -0.120. The monoisotopic (exact) mass is 361 g/mol. The molecule has 0 spiro atoms. The van der Waals surface area contributed by atoms with Gasteiger partial charge < -0.3 is 11.1 Å². The lowest BCUT2D eigenvalue weighted by atomic mass is 9.92. The molecule has 0 heterocycles. The number of hydrogen-bond acceptors (Lipinski definition) is 4. The van der Waals surface area contributed by atoms with E-state index in [0.717, 1.165) is 0 Å². The molecule has 0 aliphatic heterocycles. The minimum Gasteiger partial charge on any atom is -0.324 e. The molecule has 0 radical (unpaired) electrons. The van der Waals surface area contributed by atoms with E-state index in [-0.39, 0.29) is 16.8 Å². The molecule has 0 aromatic heterocycles. The standard InChI is InChI=1S/C18H23N3O3S/c1-13(2)21-25(23,24)16-11-9-15(10-12-16)20-17(22)18(3,19)14-7-5-4-6-8-14/h4-13,21H,19H2,1-3H3,(H,20,22). The third kappa shape index (κ3) is 4.66. The number of carbonyl (C=O) groups excluding carboxylic acids is 1. The molecule has 1 amide bonds. The molecule has 0 aliphatic carbocycles. The summed E-state index contributed by atoms with van der Waals surface area (Å²) >= 11 is 0. The normalized spacial score (nSPS) is 14.1. The maximum atomic E-state index is 12.5. The highest BCUT2D eigenvalue weighted by atomic mass is 32.2. The second-order valence-corrected chi connectivity index (χ2v) is 8.04. The van der Waals surface area contributed by atoms with Crippen molar-refractivity contribution < 1.29 is 13.2 Å². The predicted octanol–water partition coefficient (Wildman–Crippen LogP) is 2.19. The number of sulfonamides is 1. The molecule has 0 saturated carbocycles. The van der Waals surface area contributed by atoms with Gasteiger partial charge in [-0.25, -0.2) is 13.1 Å². The molecule has 2 aromatic carbocycles. The highest BCUT2D eigenvalue weighted by molar-refractivity contribution is 7.89. The van der Waals surface area contributed by atoms with Crippen LogP contribution in [0.2, 0.25) is 0 Å². The van der Waals surface area contributed by atoms with Crippen LogP contribution in [0.3, 0.4) is 0 Å². The first-order valence-corrected chi connectivity index (χ1v) is 9.39. The number of amides is 1. The molecular weight excluding hydrogens is 338 g/mol. The third-order valence-corrected chi connectivity index (χ3v) is 5.33. The molecule has 0 saturated heterocycles. The Morgan fingerprint density at radius 2 is 1.60 bits per heavy atom. The van der Waals surface area contributed by atoms with Gasteiger partial charge in [-0.1, -0.05) is 30.3 Å². The van der Waals surface area contributed by atoms with Crippen LogP contribution in [0.4, 0.5) is 5.69 Å². The summed E-state index contributed by atoms with van der Waals surface area (Å²) in [5.41, 5.74) is 6.12. The van der Waals surface area contributed by atoms with Crippen LogP contribution in [0.25, 0.3) is 0 Å². The van der Waals surface area contributed by atoms with Crippen LogP contribution in [0.15, 0.2) is 59.5 Å². The highest BCUT2D eigenvalue weighted by Crippen LogP contribution is 2.21. The SMILES string of the molecule is CC(C)NS(=O)(=O)c1ccc(NC(=O)C(C)(N)c2ccccc2)cc1. The Hall–Kier alpha value is -2.22. The Bertz CT molecular complexity index is 830. The van der Waals surface area contributed by atoms with Gasteiger partial charge in [0.2, 0.25) is 15.9 Å². The lowest BCUT2D eigenvalue weighted by Gasteiger charge is -2.24. The van der Waals surface area contributed by atoms with Crippen molar-refractivity contribution >= 4 is 21.6 Å². The van der Waals surface area contributed by atoms with Crippen LogP contribution in [-0.2, 0) is 20.4 Å². The van der Waals surface area contributed by atoms with E-state index in [1.807, 2.05) is 18.2 Å². The number of nitrogens with one attached hydrogen (secondary N) is 2. The van der Waals surface area contributed by atoms with Crippen LogP contribution in [0, 0.1) is 0 Å². The number of nitrogens with two attached hydrogens (primary N) is 1. The lowest BCUT2D eigenvalue weighted by Crippen LogP contribution is -2.45. The fourth-order valence-corrected chi connectivity index (χ4v) is 3.52. The first-order chi connectivity index (χ1) is 11.6. The van der Waals surface area contributed by atoms with Crippen LogP contribution in [0.1, 0.15) is 26.3 Å². The Balaban J connectivity index is 2.15. The molecular formula is C18H23N3O3S. The van der Waals surface area contributed by atoms with Crippen molar-refractivity contribution in [1.29, 1.82) is 0 Å². The van der Waals surface area contributed by atoms with E-state index in [1.54, 1.807) is 32.9 Å². The molecule has 4 N–H and O–H groups in total. The summed E-state index contributed by atoms with van der Waals surface area (Å²) in [5, 5.41) is 2.72. The molecule has 1 unspecified atom stereocenters. The zero-order valence-electron chi connectivity index (χ0n) is 14.5. The Morgan fingerprint density at radius 1 is 1.04 bits per heavy atom. The molecule has 0 bridgehead atoms. The van der Waals surface area contributed by atoms with Gasteiger partial charge in [0.05, 0.1) is 4.90 Å². The van der Waals surface area contributed by atoms with Crippen LogP contribution in [-0.4, -0.2) is 20.4 Å². The van der Waals surface area contributed by atoms with Crippen molar-refractivity contribution in [2.45, 2.75) is 37.2 Å². The molecule has 6 nitrogen and oxygen atoms in total. The number of rotatable bonds is 6. The minimum atomic E-state index is -3.56. The molecule has 2 aromatic rings. The maximum Gasteiger partial charge on any atom is 0.248 e. The summed E-state index contributed by atoms with van der Waals surface area (Å²) in [5.74, 6) is -0.380. The van der Waals surface area contributed by atoms with Gasteiger partial charge in [-0.05, 0) is 50.6 Å². The predicted molar refractivity (Wildman–Crippen MR) is 98.5 cm³/mol. The quantitative estimate of drug-likeness (QED) is 0.734. The van der Waals surface area contributed by atoms with Crippen LogP contribution in [0.5, 0.6) is 0 Å². The summed E-state index contributed by atoms with van der Waals surface area (Å²) in [7, 11) is -3.56. The molecule has 134 valence electrons. The average molecular weight is 361 g/mol. The second kappa shape index (κ2) is 7.35. The van der Waals surface area contributed by atoms with Gasteiger partial charge in [-0.3, -0.25) is 4.79 Å². The molecule has 7 heteroatoms. The summed E-state index contributed by atoms with van der Waals surface area (Å²) in [6.45, 7) is 5.12. The van der Waals surface area contributed by atoms with Crippen molar-refractivity contribution in [3.8, 4) is 0 Å². The first-order valence-electron chi connectivity index (χ1n) is 7.91. The Kier molecular flexibility index (Phi) is 5.62. The smallest absolute Gasteiger partial charge is 0.248 e. The van der Waals surface area contributed by atoms with Crippen molar-refractivity contribution in [1.82, 2.24) is 4.72 Å². The number of benzene rings is 2. The van der Waals surface area contributed by atoms with E-state index < -0.39 is 15.6 Å². The van der Waals surface area contributed by atoms with Gasteiger partial charge in [-0.2, -0.15) is 0 Å². The van der Waals surface area contributed by atoms with Gasteiger partial charge in [0.1, 0.15) is 5.54 Å². The van der Waals surface area contributed by atoms with Gasteiger partial charge in [0.25, 0.3) is 0 Å². The van der Waals surface area contributed by atoms with Gasteiger partial charge in [-0.15, -0.1) is 0 Å². The first kappa shape index (κ1) is 19.1. The van der Waals surface area contributed by atoms with Gasteiger partial charge in [0, 0.05) is 11.7 Å².